The Morgan fingerprint density at radius 1 is 1.45 bits per heavy atom. The van der Waals surface area contributed by atoms with Gasteiger partial charge in [0, 0.05) is 25.2 Å². The highest BCUT2D eigenvalue weighted by molar-refractivity contribution is 5.81. The van der Waals surface area contributed by atoms with E-state index >= 15 is 0 Å². The van der Waals surface area contributed by atoms with Crippen LogP contribution in [-0.4, -0.2) is 28.3 Å². The van der Waals surface area contributed by atoms with Gasteiger partial charge < -0.3 is 10.6 Å². The smallest absolute Gasteiger partial charge is 0.269 e. The highest BCUT2D eigenvalue weighted by atomic mass is 16.6. The second-order valence-corrected chi connectivity index (χ2v) is 5.05. The summed E-state index contributed by atoms with van der Waals surface area (Å²) in [5.41, 5.74) is 6.62. The van der Waals surface area contributed by atoms with Gasteiger partial charge in [-0.3, -0.25) is 14.9 Å². The number of carbonyl (C=O) groups is 1. The normalized spacial score (nSPS) is 12.2. The zero-order chi connectivity index (χ0) is 15.3. The summed E-state index contributed by atoms with van der Waals surface area (Å²) in [6.45, 7) is 6.50. The van der Waals surface area contributed by atoms with Gasteiger partial charge in [-0.2, -0.15) is 0 Å². The van der Waals surface area contributed by atoms with Crippen LogP contribution in [0.15, 0.2) is 24.3 Å². The molecule has 0 heterocycles. The zero-order valence-electron chi connectivity index (χ0n) is 12.1. The van der Waals surface area contributed by atoms with E-state index in [4.69, 9.17) is 5.73 Å². The van der Waals surface area contributed by atoms with E-state index in [2.05, 4.69) is 0 Å². The predicted molar refractivity (Wildman–Crippen MR) is 77.0 cm³/mol. The number of non-ortho nitro benzene ring substituents is 1. The Hall–Kier alpha value is -1.95. The Morgan fingerprint density at radius 3 is 2.60 bits per heavy atom. The summed E-state index contributed by atoms with van der Waals surface area (Å²) in [5.74, 6) is -0.0735. The fourth-order valence-corrected chi connectivity index (χ4v) is 1.83. The molecule has 0 saturated heterocycles. The Bertz CT molecular complexity index is 488. The van der Waals surface area contributed by atoms with Gasteiger partial charge in [-0.05, 0) is 18.4 Å². The summed E-state index contributed by atoms with van der Waals surface area (Å²) >= 11 is 0. The van der Waals surface area contributed by atoms with Gasteiger partial charge in [0.05, 0.1) is 11.0 Å². The van der Waals surface area contributed by atoms with Crippen LogP contribution in [0.1, 0.15) is 26.3 Å². The topological polar surface area (TPSA) is 89.5 Å². The molecule has 6 nitrogen and oxygen atoms in total. The number of carbonyl (C=O) groups excluding carboxylic acids is 1. The minimum Gasteiger partial charge on any atom is -0.337 e. The summed E-state index contributed by atoms with van der Waals surface area (Å²) in [6.07, 6.45) is 0. The minimum absolute atomic E-state index is 0.0270. The summed E-state index contributed by atoms with van der Waals surface area (Å²) < 4.78 is 0. The van der Waals surface area contributed by atoms with Crippen molar-refractivity contribution in [3.8, 4) is 0 Å². The number of nitro benzene ring substituents is 1. The molecule has 0 aliphatic rings. The lowest BCUT2D eigenvalue weighted by atomic mass is 10.0. The van der Waals surface area contributed by atoms with Crippen molar-refractivity contribution < 1.29 is 9.72 Å². The quantitative estimate of drug-likeness (QED) is 0.636. The first-order valence-electron chi connectivity index (χ1n) is 6.64. The summed E-state index contributed by atoms with van der Waals surface area (Å²) in [4.78, 5) is 24.1. The van der Waals surface area contributed by atoms with E-state index in [-0.39, 0.29) is 17.5 Å². The van der Waals surface area contributed by atoms with E-state index in [0.717, 1.165) is 5.56 Å². The van der Waals surface area contributed by atoms with Crippen molar-refractivity contribution >= 4 is 11.6 Å². The Labute approximate surface area is 118 Å². The van der Waals surface area contributed by atoms with E-state index < -0.39 is 11.0 Å². The molecule has 0 saturated carbocycles. The molecule has 0 aromatic heterocycles. The SMILES string of the molecule is CCN(Cc1cccc([N+](=O)[O-])c1)C(=O)C(N)C(C)C. The van der Waals surface area contributed by atoms with Crippen LogP contribution in [-0.2, 0) is 11.3 Å². The molecule has 1 aromatic carbocycles. The van der Waals surface area contributed by atoms with Gasteiger partial charge >= 0.3 is 0 Å². The maximum absolute atomic E-state index is 12.2. The van der Waals surface area contributed by atoms with Crippen LogP contribution >= 0.6 is 0 Å². The van der Waals surface area contributed by atoms with Crippen molar-refractivity contribution in [2.45, 2.75) is 33.4 Å². The summed E-state index contributed by atoms with van der Waals surface area (Å²) in [5, 5.41) is 10.7. The minimum atomic E-state index is -0.548. The van der Waals surface area contributed by atoms with Gasteiger partial charge in [0.1, 0.15) is 0 Å². The molecule has 1 atom stereocenters. The van der Waals surface area contributed by atoms with Gasteiger partial charge in [-0.25, -0.2) is 0 Å². The number of nitrogens with zero attached hydrogens (tertiary/aromatic N) is 2. The third-order valence-electron chi connectivity index (χ3n) is 3.19. The number of rotatable bonds is 6. The average Bonchev–Trinajstić information content (AvgIpc) is 2.43. The van der Waals surface area contributed by atoms with Crippen molar-refractivity contribution in [1.29, 1.82) is 0 Å². The van der Waals surface area contributed by atoms with Crippen LogP contribution in [0, 0.1) is 16.0 Å². The Kier molecular flexibility index (Phi) is 5.64. The van der Waals surface area contributed by atoms with E-state index in [1.54, 1.807) is 17.0 Å². The Morgan fingerprint density at radius 2 is 2.10 bits per heavy atom. The predicted octanol–water partition coefficient (Wildman–Crippen LogP) is 1.93. The van der Waals surface area contributed by atoms with Gasteiger partial charge in [-0.1, -0.05) is 26.0 Å². The number of nitrogens with two attached hydrogens (primary N) is 1. The molecule has 0 aliphatic carbocycles. The molecule has 6 heteroatoms. The van der Waals surface area contributed by atoms with Crippen LogP contribution in [0.4, 0.5) is 5.69 Å². The van der Waals surface area contributed by atoms with Gasteiger partial charge in [0.15, 0.2) is 0 Å². The molecule has 1 amide bonds. The second kappa shape index (κ2) is 7.00. The molecular formula is C14H21N3O3. The highest BCUT2D eigenvalue weighted by Gasteiger charge is 2.22. The lowest BCUT2D eigenvalue weighted by Crippen LogP contribution is -2.46. The maximum atomic E-state index is 12.2. The zero-order valence-corrected chi connectivity index (χ0v) is 12.1. The standard InChI is InChI=1S/C14H21N3O3/c1-4-16(14(18)13(15)10(2)3)9-11-6-5-7-12(8-11)17(19)20/h5-8,10,13H,4,9,15H2,1-3H3. The fraction of sp³-hybridized carbons (Fsp3) is 0.500. The van der Waals surface area contributed by atoms with E-state index in [0.29, 0.717) is 13.1 Å². The van der Waals surface area contributed by atoms with Crippen molar-refractivity contribution in [3.05, 3.63) is 39.9 Å². The van der Waals surface area contributed by atoms with Crippen molar-refractivity contribution in [2.24, 2.45) is 11.7 Å². The summed E-state index contributed by atoms with van der Waals surface area (Å²) in [6, 6.07) is 5.75. The molecule has 1 rings (SSSR count). The highest BCUT2D eigenvalue weighted by Crippen LogP contribution is 2.15. The van der Waals surface area contributed by atoms with Crippen LogP contribution in [0.3, 0.4) is 0 Å². The summed E-state index contributed by atoms with van der Waals surface area (Å²) in [7, 11) is 0. The number of amides is 1. The fourth-order valence-electron chi connectivity index (χ4n) is 1.83. The first-order chi connectivity index (χ1) is 9.36. The molecule has 0 spiro atoms. The average molecular weight is 279 g/mol. The molecule has 0 bridgehead atoms. The molecule has 20 heavy (non-hydrogen) atoms. The number of hydrogen-bond donors (Lipinski definition) is 1. The van der Waals surface area contributed by atoms with E-state index in [1.807, 2.05) is 20.8 Å². The molecule has 0 fully saturated rings. The Balaban J connectivity index is 2.86. The third-order valence-corrected chi connectivity index (χ3v) is 3.19. The molecular weight excluding hydrogens is 258 g/mol. The first-order valence-corrected chi connectivity index (χ1v) is 6.64. The molecule has 0 aliphatic heterocycles. The van der Waals surface area contributed by atoms with E-state index in [9.17, 15) is 14.9 Å². The number of benzene rings is 1. The van der Waals surface area contributed by atoms with Crippen molar-refractivity contribution in [1.82, 2.24) is 4.90 Å². The van der Waals surface area contributed by atoms with Crippen molar-refractivity contribution in [3.63, 3.8) is 0 Å². The van der Waals surface area contributed by atoms with Crippen LogP contribution < -0.4 is 5.73 Å². The van der Waals surface area contributed by atoms with Gasteiger partial charge in [0.2, 0.25) is 5.91 Å². The monoisotopic (exact) mass is 279 g/mol. The molecule has 2 N–H and O–H groups in total. The lowest BCUT2D eigenvalue weighted by molar-refractivity contribution is -0.384. The molecule has 0 radical (unpaired) electrons. The molecule has 110 valence electrons. The molecule has 1 unspecified atom stereocenters. The maximum Gasteiger partial charge on any atom is 0.269 e. The van der Waals surface area contributed by atoms with Gasteiger partial charge in [-0.15, -0.1) is 0 Å². The third kappa shape index (κ3) is 4.03. The number of nitro groups is 1. The number of likely N-dealkylation sites (N-methyl/N-ethyl adjacent to an activating group) is 1. The van der Waals surface area contributed by atoms with Crippen LogP contribution in [0.5, 0.6) is 0 Å². The van der Waals surface area contributed by atoms with Crippen molar-refractivity contribution in [2.75, 3.05) is 6.54 Å². The van der Waals surface area contributed by atoms with Gasteiger partial charge in [0.25, 0.3) is 5.69 Å². The van der Waals surface area contributed by atoms with Crippen LogP contribution in [0.2, 0.25) is 0 Å². The second-order valence-electron chi connectivity index (χ2n) is 5.05. The molecule has 1 aromatic rings. The first kappa shape index (κ1) is 16.1. The lowest BCUT2D eigenvalue weighted by Gasteiger charge is -2.26. The largest absolute Gasteiger partial charge is 0.337 e. The van der Waals surface area contributed by atoms with Crippen LogP contribution in [0.25, 0.3) is 0 Å². The number of hydrogen-bond acceptors (Lipinski definition) is 4. The van der Waals surface area contributed by atoms with E-state index in [1.165, 1.54) is 12.1 Å².